The van der Waals surface area contributed by atoms with Crippen molar-refractivity contribution < 1.29 is 4.74 Å². The minimum Gasteiger partial charge on any atom is -0.381 e. The normalized spacial score (nSPS) is 19.1. The van der Waals surface area contributed by atoms with Gasteiger partial charge < -0.3 is 14.5 Å². The number of aryl methyl sites for hydroxylation is 3. The van der Waals surface area contributed by atoms with E-state index in [0.29, 0.717) is 5.92 Å². The van der Waals surface area contributed by atoms with Crippen molar-refractivity contribution in [3.63, 3.8) is 0 Å². The zero-order chi connectivity index (χ0) is 27.2. The van der Waals surface area contributed by atoms with E-state index in [2.05, 4.69) is 81.4 Å². The number of hydrogen-bond donors (Lipinski definition) is 0. The number of pyridine rings is 1. The smallest absolute Gasteiger partial charge is 0.162 e. The van der Waals surface area contributed by atoms with E-state index in [4.69, 9.17) is 14.7 Å². The van der Waals surface area contributed by atoms with Crippen LogP contribution in [0, 0.1) is 26.2 Å². The number of nitrogens with zero attached hydrogens (tertiary/aromatic N) is 5. The van der Waals surface area contributed by atoms with Crippen molar-refractivity contribution in [2.24, 2.45) is 5.41 Å². The Bertz CT molecular complexity index is 1310. The predicted molar refractivity (Wildman–Crippen MR) is 156 cm³/mol. The van der Waals surface area contributed by atoms with E-state index < -0.39 is 0 Å². The predicted octanol–water partition coefficient (Wildman–Crippen LogP) is 6.40. The lowest BCUT2D eigenvalue weighted by Crippen LogP contribution is -2.50. The average Bonchev–Trinajstić information content (AvgIpc) is 2.87. The summed E-state index contributed by atoms with van der Waals surface area (Å²) in [6, 6.07) is 6.92. The first-order chi connectivity index (χ1) is 18.1. The third-order valence-corrected chi connectivity index (χ3v) is 8.54. The first-order valence-corrected chi connectivity index (χ1v) is 14.0. The van der Waals surface area contributed by atoms with Crippen LogP contribution in [0.5, 0.6) is 0 Å². The Morgan fingerprint density at radius 3 is 2.37 bits per heavy atom. The number of hydrogen-bond acceptors (Lipinski definition) is 6. The van der Waals surface area contributed by atoms with Gasteiger partial charge in [-0.15, -0.1) is 0 Å². The minimum absolute atomic E-state index is 0.0318. The summed E-state index contributed by atoms with van der Waals surface area (Å²) in [4.78, 5) is 20.0. The average molecular weight is 514 g/mol. The van der Waals surface area contributed by atoms with Crippen molar-refractivity contribution in [3.05, 3.63) is 64.1 Å². The van der Waals surface area contributed by atoms with Crippen LogP contribution in [0.15, 0.2) is 30.6 Å². The maximum Gasteiger partial charge on any atom is 0.162 e. The van der Waals surface area contributed by atoms with Crippen LogP contribution in [-0.2, 0) is 17.7 Å². The lowest BCUT2D eigenvalue weighted by molar-refractivity contribution is -0.00647. The summed E-state index contributed by atoms with van der Waals surface area (Å²) in [5, 5.41) is 0. The lowest BCUT2D eigenvalue weighted by Gasteiger charge is -2.45. The molecule has 38 heavy (non-hydrogen) atoms. The molecular weight excluding hydrogens is 470 g/mol. The number of anilines is 2. The number of methoxy groups -OCH3 is 1. The molecule has 5 rings (SSSR count). The summed E-state index contributed by atoms with van der Waals surface area (Å²) in [7, 11) is 1.84. The molecule has 1 aromatic carbocycles. The van der Waals surface area contributed by atoms with E-state index in [0.717, 1.165) is 67.4 Å². The molecule has 2 aromatic heterocycles. The number of fused-ring (bicyclic) bond motifs is 1. The van der Waals surface area contributed by atoms with E-state index in [-0.39, 0.29) is 11.5 Å². The van der Waals surface area contributed by atoms with Gasteiger partial charge in [0.25, 0.3) is 0 Å². The molecule has 202 valence electrons. The quantitative estimate of drug-likeness (QED) is 0.393. The highest BCUT2D eigenvalue weighted by Crippen LogP contribution is 2.39. The zero-order valence-corrected chi connectivity index (χ0v) is 24.4. The molecule has 1 saturated heterocycles. The highest BCUT2D eigenvalue weighted by molar-refractivity contribution is 5.68. The van der Waals surface area contributed by atoms with Crippen LogP contribution in [0.25, 0.3) is 11.4 Å². The molecule has 2 aliphatic heterocycles. The van der Waals surface area contributed by atoms with Crippen molar-refractivity contribution >= 4 is 11.5 Å². The van der Waals surface area contributed by atoms with Gasteiger partial charge >= 0.3 is 0 Å². The van der Waals surface area contributed by atoms with Gasteiger partial charge in [0.15, 0.2) is 5.82 Å². The van der Waals surface area contributed by atoms with Crippen LogP contribution >= 0.6 is 0 Å². The molecular formula is C32H43N5O. The minimum atomic E-state index is 0.0318. The SMILES string of the molecule is COC1CCN(c2nc(-c3c(C)cncc3C)nc3c2CN(c2cc(C(C)C)ccc2C)CC3)CC1(C)C. The molecule has 2 aliphatic rings. The van der Waals surface area contributed by atoms with E-state index in [1.54, 1.807) is 0 Å². The molecule has 6 heteroatoms. The van der Waals surface area contributed by atoms with Crippen molar-refractivity contribution in [2.45, 2.75) is 79.9 Å². The molecule has 3 aromatic rings. The Balaban J connectivity index is 1.61. The maximum atomic E-state index is 5.87. The standard InChI is InChI=1S/C32H43N5O/c1-20(2)24-10-9-21(3)27(15-24)36-13-11-26-25(18-36)31(37-14-12-28(38-8)32(6,7)19-37)35-30(34-26)29-22(4)16-33-17-23(29)5/h9-10,15-17,20,28H,11-14,18-19H2,1-8H3. The van der Waals surface area contributed by atoms with Gasteiger partial charge in [0.2, 0.25) is 0 Å². The van der Waals surface area contributed by atoms with Crippen molar-refractivity contribution in [1.82, 2.24) is 15.0 Å². The fourth-order valence-corrected chi connectivity index (χ4v) is 6.31. The van der Waals surface area contributed by atoms with Crippen LogP contribution in [0.4, 0.5) is 11.5 Å². The Morgan fingerprint density at radius 2 is 1.71 bits per heavy atom. The van der Waals surface area contributed by atoms with Gasteiger partial charge in [-0.2, -0.15) is 0 Å². The topological polar surface area (TPSA) is 54.4 Å². The molecule has 0 radical (unpaired) electrons. The van der Waals surface area contributed by atoms with Gasteiger partial charge in [-0.05, 0) is 61.4 Å². The summed E-state index contributed by atoms with van der Waals surface area (Å²) in [6.07, 6.45) is 5.99. The second-order valence-corrected chi connectivity index (χ2v) is 12.2. The molecule has 1 unspecified atom stereocenters. The second kappa shape index (κ2) is 10.3. The van der Waals surface area contributed by atoms with Gasteiger partial charge in [0, 0.05) is 74.3 Å². The Morgan fingerprint density at radius 1 is 0.974 bits per heavy atom. The van der Waals surface area contributed by atoms with Crippen LogP contribution in [0.2, 0.25) is 0 Å². The van der Waals surface area contributed by atoms with E-state index >= 15 is 0 Å². The highest BCUT2D eigenvalue weighted by Gasteiger charge is 2.38. The molecule has 4 heterocycles. The molecule has 0 bridgehead atoms. The van der Waals surface area contributed by atoms with Crippen LogP contribution < -0.4 is 9.80 Å². The van der Waals surface area contributed by atoms with E-state index in [1.165, 1.54) is 28.1 Å². The Hall–Kier alpha value is -2.99. The molecule has 1 atom stereocenters. The number of rotatable bonds is 5. The first kappa shape index (κ1) is 26.6. The molecule has 6 nitrogen and oxygen atoms in total. The molecule has 0 aliphatic carbocycles. The van der Waals surface area contributed by atoms with E-state index in [9.17, 15) is 0 Å². The fraction of sp³-hybridized carbons (Fsp3) is 0.531. The molecule has 1 fully saturated rings. The zero-order valence-electron chi connectivity index (χ0n) is 24.4. The maximum absolute atomic E-state index is 5.87. The molecule has 0 amide bonds. The fourth-order valence-electron chi connectivity index (χ4n) is 6.31. The molecule has 0 saturated carbocycles. The van der Waals surface area contributed by atoms with Crippen LogP contribution in [0.3, 0.4) is 0 Å². The summed E-state index contributed by atoms with van der Waals surface area (Å²) in [5.74, 6) is 2.42. The summed E-state index contributed by atoms with van der Waals surface area (Å²) < 4.78 is 5.87. The van der Waals surface area contributed by atoms with Crippen LogP contribution in [-0.4, -0.2) is 47.8 Å². The number of piperidine rings is 1. The monoisotopic (exact) mass is 513 g/mol. The first-order valence-electron chi connectivity index (χ1n) is 14.0. The van der Waals surface area contributed by atoms with Crippen LogP contribution in [0.1, 0.15) is 73.5 Å². The number of aromatic nitrogens is 3. The van der Waals surface area contributed by atoms with Gasteiger partial charge in [-0.1, -0.05) is 39.8 Å². The van der Waals surface area contributed by atoms with Crippen molar-refractivity contribution in [2.75, 3.05) is 36.5 Å². The van der Waals surface area contributed by atoms with Crippen molar-refractivity contribution in [3.8, 4) is 11.4 Å². The lowest BCUT2D eigenvalue weighted by atomic mass is 9.81. The summed E-state index contributed by atoms with van der Waals surface area (Å²) >= 11 is 0. The highest BCUT2D eigenvalue weighted by atomic mass is 16.5. The third kappa shape index (κ3) is 4.91. The van der Waals surface area contributed by atoms with Gasteiger partial charge in [-0.3, -0.25) is 4.98 Å². The number of benzene rings is 1. The third-order valence-electron chi connectivity index (χ3n) is 8.54. The Labute approximate surface area is 228 Å². The summed E-state index contributed by atoms with van der Waals surface area (Å²) in [5.41, 5.74) is 9.86. The molecule has 0 spiro atoms. The van der Waals surface area contributed by atoms with Gasteiger partial charge in [0.05, 0.1) is 11.8 Å². The summed E-state index contributed by atoms with van der Waals surface area (Å²) in [6.45, 7) is 19.2. The molecule has 0 N–H and O–H groups in total. The van der Waals surface area contributed by atoms with Crippen molar-refractivity contribution in [1.29, 1.82) is 0 Å². The second-order valence-electron chi connectivity index (χ2n) is 12.2. The van der Waals surface area contributed by atoms with Gasteiger partial charge in [-0.25, -0.2) is 9.97 Å². The largest absolute Gasteiger partial charge is 0.381 e. The Kier molecular flexibility index (Phi) is 7.21. The van der Waals surface area contributed by atoms with E-state index in [1.807, 2.05) is 19.5 Å². The van der Waals surface area contributed by atoms with Gasteiger partial charge in [0.1, 0.15) is 5.82 Å². The number of ether oxygens (including phenoxy) is 1.